The van der Waals surface area contributed by atoms with Gasteiger partial charge >= 0.3 is 0 Å². The summed E-state index contributed by atoms with van der Waals surface area (Å²) in [4.78, 5) is 6.88. The molecule has 108 valence electrons. The molecule has 0 bridgehead atoms. The lowest BCUT2D eigenvalue weighted by Gasteiger charge is -2.61. The highest BCUT2D eigenvalue weighted by Crippen LogP contribution is 2.57. The molecule has 0 amide bonds. The molecule has 1 aliphatic heterocycles. The maximum Gasteiger partial charge on any atom is 0.193 e. The normalized spacial score (nSPS) is 33.2. The minimum absolute atomic E-state index is 0.422. The third-order valence-corrected chi connectivity index (χ3v) is 5.36. The Kier molecular flexibility index (Phi) is 3.70. The number of ether oxygens (including phenoxy) is 1. The first-order chi connectivity index (χ1) is 9.30. The van der Waals surface area contributed by atoms with Crippen LogP contribution >= 0.6 is 0 Å². The number of aliphatic imine (C=N–C) groups is 1. The smallest absolute Gasteiger partial charge is 0.193 e. The average molecular weight is 265 g/mol. The average Bonchev–Trinajstić information content (AvgIpc) is 2.84. The van der Waals surface area contributed by atoms with Gasteiger partial charge < -0.3 is 15.0 Å². The molecular formula is C15H27N3O. The van der Waals surface area contributed by atoms with Gasteiger partial charge in [0.15, 0.2) is 5.96 Å². The van der Waals surface area contributed by atoms with Crippen LogP contribution in [0.3, 0.4) is 0 Å². The summed E-state index contributed by atoms with van der Waals surface area (Å²) in [7, 11) is 1.91. The van der Waals surface area contributed by atoms with Crippen LogP contribution in [0.2, 0.25) is 0 Å². The van der Waals surface area contributed by atoms with Crippen LogP contribution in [0, 0.1) is 5.41 Å². The third-order valence-electron chi connectivity index (χ3n) is 5.36. The molecule has 0 aromatic heterocycles. The molecule has 1 N–H and O–H groups in total. The molecule has 4 heteroatoms. The van der Waals surface area contributed by atoms with Crippen molar-refractivity contribution in [2.45, 2.75) is 57.6 Å². The molecule has 2 aliphatic carbocycles. The first kappa shape index (κ1) is 13.2. The van der Waals surface area contributed by atoms with Crippen molar-refractivity contribution in [3.8, 4) is 0 Å². The zero-order valence-electron chi connectivity index (χ0n) is 12.3. The molecule has 1 heterocycles. The van der Waals surface area contributed by atoms with Crippen LogP contribution in [0.5, 0.6) is 0 Å². The van der Waals surface area contributed by atoms with E-state index >= 15 is 0 Å². The van der Waals surface area contributed by atoms with Gasteiger partial charge in [-0.25, -0.2) is 0 Å². The van der Waals surface area contributed by atoms with Gasteiger partial charge in [-0.1, -0.05) is 6.42 Å². The quantitative estimate of drug-likeness (QED) is 0.626. The maximum atomic E-state index is 5.91. The van der Waals surface area contributed by atoms with E-state index in [0.29, 0.717) is 17.6 Å². The van der Waals surface area contributed by atoms with Crippen molar-refractivity contribution in [1.29, 1.82) is 0 Å². The molecule has 19 heavy (non-hydrogen) atoms. The second-order valence-electron chi connectivity index (χ2n) is 6.20. The van der Waals surface area contributed by atoms with Crippen molar-refractivity contribution in [2.75, 3.05) is 26.7 Å². The summed E-state index contributed by atoms with van der Waals surface area (Å²) >= 11 is 0. The Hall–Kier alpha value is -0.770. The lowest BCUT2D eigenvalue weighted by atomic mass is 9.51. The Morgan fingerprint density at radius 1 is 1.32 bits per heavy atom. The lowest BCUT2D eigenvalue weighted by molar-refractivity contribution is -0.168. The zero-order chi connectivity index (χ0) is 13.3. The van der Waals surface area contributed by atoms with E-state index in [0.717, 1.165) is 32.1 Å². The van der Waals surface area contributed by atoms with E-state index in [2.05, 4.69) is 22.1 Å². The molecule has 3 aliphatic rings. The Bertz CT molecular complexity index is 345. The third kappa shape index (κ3) is 2.14. The predicted molar refractivity (Wildman–Crippen MR) is 77.4 cm³/mol. The predicted octanol–water partition coefficient (Wildman–Crippen LogP) is 2.01. The summed E-state index contributed by atoms with van der Waals surface area (Å²) in [5.41, 5.74) is 0.422. The molecule has 4 nitrogen and oxygen atoms in total. The van der Waals surface area contributed by atoms with E-state index in [-0.39, 0.29) is 0 Å². The Balaban J connectivity index is 1.60. The molecule has 2 unspecified atom stereocenters. The van der Waals surface area contributed by atoms with Crippen molar-refractivity contribution in [3.63, 3.8) is 0 Å². The molecule has 2 atom stereocenters. The second kappa shape index (κ2) is 5.31. The highest BCUT2D eigenvalue weighted by atomic mass is 16.5. The van der Waals surface area contributed by atoms with E-state index < -0.39 is 0 Å². The van der Waals surface area contributed by atoms with Gasteiger partial charge in [-0.05, 0) is 39.0 Å². The summed E-state index contributed by atoms with van der Waals surface area (Å²) < 4.78 is 5.91. The fourth-order valence-electron chi connectivity index (χ4n) is 4.02. The minimum atomic E-state index is 0.422. The van der Waals surface area contributed by atoms with Crippen LogP contribution in [0.4, 0.5) is 0 Å². The standard InChI is InChI=1S/C15H27N3O/c1-3-19-13-11-12(15(13)7-6-8-15)17-14(16-2)18-9-4-5-10-18/h12-13H,3-11H2,1-2H3,(H,16,17). The van der Waals surface area contributed by atoms with Crippen molar-refractivity contribution in [2.24, 2.45) is 10.4 Å². The second-order valence-corrected chi connectivity index (χ2v) is 6.20. The summed E-state index contributed by atoms with van der Waals surface area (Å²) in [6.45, 7) is 5.28. The SMILES string of the molecule is CCOC1CC(NC(=NC)N2CCCC2)C12CCC2. The van der Waals surface area contributed by atoms with E-state index in [4.69, 9.17) is 4.74 Å². The summed E-state index contributed by atoms with van der Waals surface area (Å²) in [5, 5.41) is 3.72. The number of nitrogens with zero attached hydrogens (tertiary/aromatic N) is 2. The van der Waals surface area contributed by atoms with E-state index in [9.17, 15) is 0 Å². The van der Waals surface area contributed by atoms with Gasteiger partial charge in [0, 0.05) is 38.2 Å². The number of likely N-dealkylation sites (tertiary alicyclic amines) is 1. The van der Waals surface area contributed by atoms with Crippen molar-refractivity contribution >= 4 is 5.96 Å². The Morgan fingerprint density at radius 2 is 2.05 bits per heavy atom. The van der Waals surface area contributed by atoms with Gasteiger partial charge in [-0.2, -0.15) is 0 Å². The number of hydrogen-bond acceptors (Lipinski definition) is 2. The highest BCUT2D eigenvalue weighted by molar-refractivity contribution is 5.80. The van der Waals surface area contributed by atoms with Gasteiger partial charge in [0.2, 0.25) is 0 Å². The van der Waals surface area contributed by atoms with Crippen molar-refractivity contribution in [1.82, 2.24) is 10.2 Å². The van der Waals surface area contributed by atoms with Crippen LogP contribution < -0.4 is 5.32 Å². The molecule has 3 fully saturated rings. The molecule has 2 saturated carbocycles. The topological polar surface area (TPSA) is 36.9 Å². The lowest BCUT2D eigenvalue weighted by Crippen LogP contribution is -2.68. The molecule has 1 saturated heterocycles. The molecule has 0 radical (unpaired) electrons. The van der Waals surface area contributed by atoms with Gasteiger partial charge in [-0.15, -0.1) is 0 Å². The minimum Gasteiger partial charge on any atom is -0.378 e. The Morgan fingerprint density at radius 3 is 2.58 bits per heavy atom. The molecular weight excluding hydrogens is 238 g/mol. The van der Waals surface area contributed by atoms with Crippen LogP contribution in [-0.2, 0) is 4.74 Å². The largest absolute Gasteiger partial charge is 0.378 e. The van der Waals surface area contributed by atoms with Gasteiger partial charge in [0.25, 0.3) is 0 Å². The molecule has 0 aromatic rings. The first-order valence-corrected chi connectivity index (χ1v) is 7.90. The Labute approximate surface area is 116 Å². The van der Waals surface area contributed by atoms with Gasteiger partial charge in [0.05, 0.1) is 6.10 Å². The monoisotopic (exact) mass is 265 g/mol. The summed E-state index contributed by atoms with van der Waals surface area (Å²) in [6, 6.07) is 0.581. The van der Waals surface area contributed by atoms with Gasteiger partial charge in [0.1, 0.15) is 0 Å². The fraction of sp³-hybridized carbons (Fsp3) is 0.933. The van der Waals surface area contributed by atoms with Crippen LogP contribution in [0.25, 0.3) is 0 Å². The highest BCUT2D eigenvalue weighted by Gasteiger charge is 2.59. The van der Waals surface area contributed by atoms with Crippen LogP contribution in [-0.4, -0.2) is 49.7 Å². The molecule has 0 aromatic carbocycles. The number of rotatable bonds is 3. The zero-order valence-corrected chi connectivity index (χ0v) is 12.3. The summed E-state index contributed by atoms with van der Waals surface area (Å²) in [6.07, 6.45) is 8.26. The number of nitrogens with one attached hydrogen (secondary N) is 1. The maximum absolute atomic E-state index is 5.91. The van der Waals surface area contributed by atoms with Crippen molar-refractivity contribution in [3.05, 3.63) is 0 Å². The van der Waals surface area contributed by atoms with E-state index in [1.165, 1.54) is 32.1 Å². The molecule has 1 spiro atoms. The fourth-order valence-corrected chi connectivity index (χ4v) is 4.02. The summed E-state index contributed by atoms with van der Waals surface area (Å²) in [5.74, 6) is 1.11. The van der Waals surface area contributed by atoms with E-state index in [1.807, 2.05) is 7.05 Å². The number of guanidine groups is 1. The number of hydrogen-bond donors (Lipinski definition) is 1. The van der Waals surface area contributed by atoms with Crippen molar-refractivity contribution < 1.29 is 4.74 Å². The van der Waals surface area contributed by atoms with Gasteiger partial charge in [-0.3, -0.25) is 4.99 Å². The van der Waals surface area contributed by atoms with Crippen LogP contribution in [0.1, 0.15) is 45.4 Å². The molecule has 3 rings (SSSR count). The first-order valence-electron chi connectivity index (χ1n) is 7.90. The van der Waals surface area contributed by atoms with E-state index in [1.54, 1.807) is 0 Å². The van der Waals surface area contributed by atoms with Crippen LogP contribution in [0.15, 0.2) is 4.99 Å².